The minimum Gasteiger partial charge on any atom is -0.457 e. The highest BCUT2D eigenvalue weighted by atomic mass is 16.5. The summed E-state index contributed by atoms with van der Waals surface area (Å²) in [4.78, 5) is 14.7. The van der Waals surface area contributed by atoms with Crippen LogP contribution in [0.1, 0.15) is 23.2 Å². The van der Waals surface area contributed by atoms with Crippen LogP contribution < -0.4 is 5.32 Å². The van der Waals surface area contributed by atoms with Crippen molar-refractivity contribution in [1.82, 2.24) is 4.90 Å². The summed E-state index contributed by atoms with van der Waals surface area (Å²) in [5.74, 6) is 0.347. The number of nitrogens with zero attached hydrogens (tertiary/aromatic N) is 1. The highest BCUT2D eigenvalue weighted by Gasteiger charge is 2.36. The number of fused-ring (bicyclic) bond motifs is 3. The van der Waals surface area contributed by atoms with Crippen LogP contribution in [0.2, 0.25) is 0 Å². The second-order valence-electron chi connectivity index (χ2n) is 5.38. The Bertz CT molecular complexity index is 467. The van der Waals surface area contributed by atoms with Gasteiger partial charge in [-0.05, 0) is 44.0 Å². The number of piperidine rings is 3. The van der Waals surface area contributed by atoms with Crippen molar-refractivity contribution in [2.45, 2.75) is 18.9 Å². The molecule has 3 fully saturated rings. The molecule has 1 atom stereocenters. The quantitative estimate of drug-likeness (QED) is 0.843. The zero-order valence-electron chi connectivity index (χ0n) is 11.3. The minimum atomic E-state index is -0.205. The van der Waals surface area contributed by atoms with Gasteiger partial charge in [0.05, 0.1) is 5.56 Å². The van der Waals surface area contributed by atoms with E-state index in [1.165, 1.54) is 0 Å². The molecular weight excluding hydrogens is 239 g/mol. The Hall–Kier alpha value is -1.55. The van der Waals surface area contributed by atoms with Crippen molar-refractivity contribution in [3.8, 4) is 0 Å². The number of carbonyl (C=O) groups excluding carboxylic acids is 1. The van der Waals surface area contributed by atoms with E-state index in [9.17, 15) is 4.79 Å². The molecule has 3 saturated heterocycles. The van der Waals surface area contributed by atoms with Gasteiger partial charge in [-0.1, -0.05) is 12.1 Å². The first-order valence-electron chi connectivity index (χ1n) is 6.98. The van der Waals surface area contributed by atoms with E-state index in [1.807, 2.05) is 31.3 Å². The molecule has 0 aliphatic carbocycles. The molecule has 4 nitrogen and oxygen atoms in total. The molecular formula is C15H20N2O2. The summed E-state index contributed by atoms with van der Waals surface area (Å²) in [5, 5.41) is 3.04. The van der Waals surface area contributed by atoms with Crippen LogP contribution in [0.3, 0.4) is 0 Å². The minimum absolute atomic E-state index is 0.0694. The van der Waals surface area contributed by atoms with E-state index < -0.39 is 0 Å². The highest BCUT2D eigenvalue weighted by Crippen LogP contribution is 2.30. The van der Waals surface area contributed by atoms with Crippen molar-refractivity contribution in [2.75, 3.05) is 32.0 Å². The summed E-state index contributed by atoms with van der Waals surface area (Å²) in [6.45, 7) is 3.22. The van der Waals surface area contributed by atoms with Gasteiger partial charge in [0.25, 0.3) is 0 Å². The molecule has 4 heteroatoms. The fourth-order valence-corrected chi connectivity index (χ4v) is 3.12. The van der Waals surface area contributed by atoms with Gasteiger partial charge in [-0.25, -0.2) is 4.79 Å². The Balaban J connectivity index is 1.71. The molecule has 0 aromatic heterocycles. The average molecular weight is 259 g/mol. The van der Waals surface area contributed by atoms with E-state index in [0.29, 0.717) is 11.5 Å². The van der Waals surface area contributed by atoms with Crippen molar-refractivity contribution in [1.29, 1.82) is 0 Å². The van der Waals surface area contributed by atoms with Gasteiger partial charge in [0.15, 0.2) is 0 Å². The maximum atomic E-state index is 12.3. The summed E-state index contributed by atoms with van der Waals surface area (Å²) in [7, 11) is 1.82. The maximum absolute atomic E-state index is 12.3. The number of ether oxygens (including phenoxy) is 1. The first-order valence-corrected chi connectivity index (χ1v) is 6.98. The van der Waals surface area contributed by atoms with Gasteiger partial charge in [0, 0.05) is 19.3 Å². The van der Waals surface area contributed by atoms with E-state index in [2.05, 4.69) is 10.2 Å². The van der Waals surface area contributed by atoms with Gasteiger partial charge in [-0.15, -0.1) is 0 Å². The molecule has 1 aromatic rings. The normalized spacial score (nSPS) is 29.0. The number of rotatable bonds is 3. The Kier molecular flexibility index (Phi) is 3.42. The number of nitrogens with one attached hydrogen (secondary N) is 1. The third-order valence-corrected chi connectivity index (χ3v) is 4.27. The topological polar surface area (TPSA) is 41.6 Å². The molecule has 1 aromatic carbocycles. The Morgan fingerprint density at radius 3 is 2.68 bits per heavy atom. The standard InChI is InChI=1S/C15H20N2O2/c1-16-13-5-3-2-4-12(13)15(18)19-14-10-17-8-6-11(14)7-9-17/h2-5,11,14,16H,6-10H2,1H3/i1-1. The first-order chi connectivity index (χ1) is 9.28. The smallest absolute Gasteiger partial charge is 0.340 e. The number of hydrogen-bond acceptors (Lipinski definition) is 4. The lowest BCUT2D eigenvalue weighted by atomic mass is 9.86. The number of hydrogen-bond donors (Lipinski definition) is 1. The van der Waals surface area contributed by atoms with Gasteiger partial charge < -0.3 is 10.1 Å². The van der Waals surface area contributed by atoms with Gasteiger partial charge in [0.1, 0.15) is 6.10 Å². The summed E-state index contributed by atoms with van der Waals surface area (Å²) < 4.78 is 5.73. The van der Waals surface area contributed by atoms with Crippen LogP contribution in [-0.2, 0) is 4.74 Å². The van der Waals surface area contributed by atoms with E-state index >= 15 is 0 Å². The van der Waals surface area contributed by atoms with Crippen LogP contribution in [0.15, 0.2) is 24.3 Å². The van der Waals surface area contributed by atoms with Crippen molar-refractivity contribution in [3.05, 3.63) is 29.8 Å². The Morgan fingerprint density at radius 1 is 1.32 bits per heavy atom. The molecule has 0 radical (unpaired) electrons. The lowest BCUT2D eigenvalue weighted by Crippen LogP contribution is -2.51. The molecule has 0 amide bonds. The Labute approximate surface area is 113 Å². The first kappa shape index (κ1) is 12.5. The van der Waals surface area contributed by atoms with Crippen LogP contribution in [-0.4, -0.2) is 43.7 Å². The van der Waals surface area contributed by atoms with Gasteiger partial charge in [-0.3, -0.25) is 4.90 Å². The second kappa shape index (κ2) is 5.21. The number of carbonyl (C=O) groups is 1. The third kappa shape index (κ3) is 2.45. The summed E-state index contributed by atoms with van der Waals surface area (Å²) in [6, 6.07) is 7.49. The van der Waals surface area contributed by atoms with Gasteiger partial charge in [0.2, 0.25) is 0 Å². The average Bonchev–Trinajstić information content (AvgIpc) is 2.48. The molecule has 1 N–H and O–H groups in total. The molecule has 0 saturated carbocycles. The van der Waals surface area contributed by atoms with E-state index in [-0.39, 0.29) is 12.1 Å². The predicted octanol–water partition coefficient (Wildman–Crippen LogP) is 1.98. The lowest BCUT2D eigenvalue weighted by molar-refractivity contribution is -0.0455. The molecule has 1 unspecified atom stereocenters. The van der Waals surface area contributed by atoms with Gasteiger partial charge in [-0.2, -0.15) is 0 Å². The van der Waals surface area contributed by atoms with E-state index in [1.54, 1.807) is 0 Å². The fraction of sp³-hybridized carbons (Fsp3) is 0.533. The molecule has 3 aliphatic heterocycles. The van der Waals surface area contributed by atoms with Crippen molar-refractivity contribution >= 4 is 11.7 Å². The van der Waals surface area contributed by atoms with Crippen LogP contribution in [0.4, 0.5) is 5.69 Å². The summed E-state index contributed by atoms with van der Waals surface area (Å²) in [5.41, 5.74) is 1.45. The lowest BCUT2D eigenvalue weighted by Gasteiger charge is -2.43. The van der Waals surface area contributed by atoms with Gasteiger partial charge >= 0.3 is 5.97 Å². The van der Waals surface area contributed by atoms with E-state index in [4.69, 9.17) is 4.74 Å². The SMILES string of the molecule is [11CH3]Nc1ccccc1C(=O)OC1CN2CCC1CC2. The van der Waals surface area contributed by atoms with Crippen LogP contribution in [0.5, 0.6) is 0 Å². The molecule has 102 valence electrons. The molecule has 3 heterocycles. The van der Waals surface area contributed by atoms with Crippen LogP contribution >= 0.6 is 0 Å². The number of para-hydroxylation sites is 1. The number of anilines is 1. The zero-order valence-corrected chi connectivity index (χ0v) is 11.3. The fourth-order valence-electron chi connectivity index (χ4n) is 3.12. The summed E-state index contributed by atoms with van der Waals surface area (Å²) in [6.07, 6.45) is 2.39. The predicted molar refractivity (Wildman–Crippen MR) is 74.4 cm³/mol. The molecule has 4 rings (SSSR count). The van der Waals surface area contributed by atoms with E-state index in [0.717, 1.165) is 38.2 Å². The number of esters is 1. The van der Waals surface area contributed by atoms with Crippen LogP contribution in [0.25, 0.3) is 0 Å². The molecule has 3 aliphatic rings. The summed E-state index contributed by atoms with van der Waals surface area (Å²) >= 11 is 0. The zero-order chi connectivity index (χ0) is 13.2. The third-order valence-electron chi connectivity index (χ3n) is 4.27. The Morgan fingerprint density at radius 2 is 2.05 bits per heavy atom. The number of benzene rings is 1. The van der Waals surface area contributed by atoms with Crippen molar-refractivity contribution in [3.63, 3.8) is 0 Å². The van der Waals surface area contributed by atoms with Crippen molar-refractivity contribution in [2.24, 2.45) is 5.92 Å². The monoisotopic (exact) mass is 259 g/mol. The molecule has 2 bridgehead atoms. The molecule has 0 spiro atoms. The van der Waals surface area contributed by atoms with Crippen molar-refractivity contribution < 1.29 is 9.53 Å². The van der Waals surface area contributed by atoms with Crippen LogP contribution in [0, 0.1) is 5.92 Å². The second-order valence-corrected chi connectivity index (χ2v) is 5.38. The highest BCUT2D eigenvalue weighted by molar-refractivity contribution is 5.95. The molecule has 19 heavy (non-hydrogen) atoms. The largest absolute Gasteiger partial charge is 0.457 e. The maximum Gasteiger partial charge on any atom is 0.340 e.